The average molecular weight is 473 g/mol. The van der Waals surface area contributed by atoms with E-state index in [0.717, 1.165) is 47.4 Å². The van der Waals surface area contributed by atoms with E-state index in [1.807, 2.05) is 44.2 Å². The molecule has 0 spiro atoms. The lowest BCUT2D eigenvalue weighted by Gasteiger charge is -2.31. The quantitative estimate of drug-likeness (QED) is 0.288. The molecule has 1 aliphatic carbocycles. The van der Waals surface area contributed by atoms with E-state index in [-0.39, 0.29) is 17.6 Å². The van der Waals surface area contributed by atoms with Crippen LogP contribution in [0.3, 0.4) is 0 Å². The second-order valence-electron chi connectivity index (χ2n) is 9.10. The minimum Gasteiger partial charge on any atom is -0.319 e. The molecule has 0 N–H and O–H groups in total. The van der Waals surface area contributed by atoms with Gasteiger partial charge in [0.1, 0.15) is 5.69 Å². The minimum atomic E-state index is 0.109. The van der Waals surface area contributed by atoms with Crippen LogP contribution < -0.4 is 0 Å². The number of nitrogens with zero attached hydrogens (tertiary/aromatic N) is 4. The van der Waals surface area contributed by atoms with Crippen LogP contribution in [0.2, 0.25) is 0 Å². The van der Waals surface area contributed by atoms with Crippen molar-refractivity contribution in [2.24, 2.45) is 5.92 Å². The zero-order chi connectivity index (χ0) is 23.7. The number of fused-ring (bicyclic) bond motifs is 1. The molecule has 0 saturated heterocycles. The number of hydrogen-bond acceptors (Lipinski definition) is 6. The Balaban J connectivity index is 1.49. The van der Waals surface area contributed by atoms with E-state index in [4.69, 9.17) is 4.98 Å². The molecule has 1 aromatic carbocycles. The molecule has 3 heterocycles. The number of benzene rings is 1. The molecule has 6 nitrogen and oxygen atoms in total. The maximum Gasteiger partial charge on any atom is 0.173 e. The molecule has 0 radical (unpaired) electrons. The number of carbonyl (C=O) groups excluding carboxylic acids is 2. The number of thiophene rings is 1. The molecule has 4 aromatic rings. The monoisotopic (exact) mass is 472 g/mol. The third-order valence-electron chi connectivity index (χ3n) is 6.73. The van der Waals surface area contributed by atoms with E-state index in [2.05, 4.69) is 14.5 Å². The number of Topliss-reactive ketones (excluding diaryl/α,β-unsaturated/α-hetero) is 2. The van der Waals surface area contributed by atoms with Crippen molar-refractivity contribution >= 4 is 33.9 Å². The van der Waals surface area contributed by atoms with Crippen molar-refractivity contribution in [1.82, 2.24) is 19.5 Å². The third kappa shape index (κ3) is 4.44. The highest BCUT2D eigenvalue weighted by molar-refractivity contribution is 7.14. The molecule has 1 aliphatic rings. The Hall–Kier alpha value is -3.19. The standard InChI is InChI=1S/C27H28N4O2S/c1-3-24(32)19-8-9-23-21(15-19)30-27(22-16-28-11-12-29-22)31(23)20-6-4-5-18(13-20)14-25(33)26-10-7-17(2)34-26/h7-12,15-16,18,20H,3-6,13-14H2,1-2H3/t18-,20+/m1/s1. The van der Waals surface area contributed by atoms with Gasteiger partial charge in [-0.25, -0.2) is 9.97 Å². The lowest BCUT2D eigenvalue weighted by Crippen LogP contribution is -2.22. The van der Waals surface area contributed by atoms with Crippen molar-refractivity contribution in [3.05, 3.63) is 64.2 Å². The van der Waals surface area contributed by atoms with Crippen LogP contribution in [0, 0.1) is 12.8 Å². The fraction of sp³-hybridized carbons (Fsp3) is 0.370. The molecular formula is C27H28N4O2S. The molecule has 174 valence electrons. The third-order valence-corrected chi connectivity index (χ3v) is 7.78. The number of rotatable bonds is 7. The van der Waals surface area contributed by atoms with Gasteiger partial charge >= 0.3 is 0 Å². The van der Waals surface area contributed by atoms with Crippen LogP contribution in [0.4, 0.5) is 0 Å². The number of hydrogen-bond donors (Lipinski definition) is 0. The summed E-state index contributed by atoms with van der Waals surface area (Å²) in [5.41, 5.74) is 3.20. The number of carbonyl (C=O) groups is 2. The Labute approximate surface area is 203 Å². The van der Waals surface area contributed by atoms with Crippen LogP contribution in [-0.4, -0.2) is 31.1 Å². The number of imidazole rings is 1. The lowest BCUT2D eigenvalue weighted by atomic mass is 9.82. The first kappa shape index (κ1) is 22.6. The van der Waals surface area contributed by atoms with Crippen LogP contribution in [0.25, 0.3) is 22.6 Å². The summed E-state index contributed by atoms with van der Waals surface area (Å²) in [5.74, 6) is 1.46. The van der Waals surface area contributed by atoms with E-state index < -0.39 is 0 Å². The number of aryl methyl sites for hydroxylation is 1. The first-order valence-corrected chi connectivity index (χ1v) is 12.8. The van der Waals surface area contributed by atoms with Crippen LogP contribution >= 0.6 is 11.3 Å². The molecule has 2 atom stereocenters. The first-order chi connectivity index (χ1) is 16.5. The van der Waals surface area contributed by atoms with Gasteiger partial charge in [0.15, 0.2) is 17.4 Å². The summed E-state index contributed by atoms with van der Waals surface area (Å²) in [5, 5.41) is 0. The maximum absolute atomic E-state index is 12.9. The molecule has 7 heteroatoms. The summed E-state index contributed by atoms with van der Waals surface area (Å²) in [4.78, 5) is 40.9. The highest BCUT2D eigenvalue weighted by Gasteiger charge is 2.29. The van der Waals surface area contributed by atoms with Crippen molar-refractivity contribution in [3.8, 4) is 11.5 Å². The van der Waals surface area contributed by atoms with Gasteiger partial charge in [-0.2, -0.15) is 0 Å². The topological polar surface area (TPSA) is 77.7 Å². The first-order valence-electron chi connectivity index (χ1n) is 11.9. The molecule has 34 heavy (non-hydrogen) atoms. The number of ketones is 2. The molecular weight excluding hydrogens is 444 g/mol. The van der Waals surface area contributed by atoms with Crippen molar-refractivity contribution in [1.29, 1.82) is 0 Å². The molecule has 0 aliphatic heterocycles. The lowest BCUT2D eigenvalue weighted by molar-refractivity contribution is 0.0944. The SMILES string of the molecule is CCC(=O)c1ccc2c(c1)nc(-c1cnccn1)n2[C@H]1CCC[C@@H](CC(=O)c2ccc(C)s2)C1. The molecule has 0 amide bonds. The fourth-order valence-electron chi connectivity index (χ4n) is 5.07. The Morgan fingerprint density at radius 1 is 1.12 bits per heavy atom. The van der Waals surface area contributed by atoms with E-state index in [1.54, 1.807) is 29.9 Å². The Bertz CT molecular complexity index is 1340. The second-order valence-corrected chi connectivity index (χ2v) is 10.4. The van der Waals surface area contributed by atoms with Gasteiger partial charge < -0.3 is 4.57 Å². The number of aromatic nitrogens is 4. The highest BCUT2D eigenvalue weighted by atomic mass is 32.1. The summed E-state index contributed by atoms with van der Waals surface area (Å²) >= 11 is 1.58. The smallest absolute Gasteiger partial charge is 0.173 e. The molecule has 0 bridgehead atoms. The average Bonchev–Trinajstić information content (AvgIpc) is 3.47. The second kappa shape index (κ2) is 9.58. The van der Waals surface area contributed by atoms with Gasteiger partial charge in [0, 0.05) is 41.7 Å². The summed E-state index contributed by atoms with van der Waals surface area (Å²) < 4.78 is 2.27. The Kier molecular flexibility index (Phi) is 6.37. The van der Waals surface area contributed by atoms with E-state index >= 15 is 0 Å². The van der Waals surface area contributed by atoms with Crippen molar-refractivity contribution in [2.75, 3.05) is 0 Å². The molecule has 5 rings (SSSR count). The van der Waals surface area contributed by atoms with Crippen LogP contribution in [0.15, 0.2) is 48.9 Å². The van der Waals surface area contributed by atoms with Crippen LogP contribution in [-0.2, 0) is 0 Å². The summed E-state index contributed by atoms with van der Waals surface area (Å²) in [6.45, 7) is 3.91. The zero-order valence-corrected chi connectivity index (χ0v) is 20.3. The predicted molar refractivity (Wildman–Crippen MR) is 134 cm³/mol. The normalized spacial score (nSPS) is 18.3. The van der Waals surface area contributed by atoms with Gasteiger partial charge in [-0.15, -0.1) is 11.3 Å². The van der Waals surface area contributed by atoms with Crippen molar-refractivity contribution < 1.29 is 9.59 Å². The molecule has 3 aromatic heterocycles. The summed E-state index contributed by atoms with van der Waals surface area (Å²) in [7, 11) is 0. The highest BCUT2D eigenvalue weighted by Crippen LogP contribution is 2.39. The van der Waals surface area contributed by atoms with Gasteiger partial charge in [0.05, 0.1) is 22.1 Å². The van der Waals surface area contributed by atoms with Crippen LogP contribution in [0.1, 0.15) is 76.4 Å². The fourth-order valence-corrected chi connectivity index (χ4v) is 5.89. The molecule has 1 saturated carbocycles. The molecule has 0 unspecified atom stereocenters. The van der Waals surface area contributed by atoms with Gasteiger partial charge in [0.2, 0.25) is 0 Å². The van der Waals surface area contributed by atoms with Crippen LogP contribution in [0.5, 0.6) is 0 Å². The van der Waals surface area contributed by atoms with E-state index in [9.17, 15) is 9.59 Å². The predicted octanol–water partition coefficient (Wildman–Crippen LogP) is 6.46. The largest absolute Gasteiger partial charge is 0.319 e. The Morgan fingerprint density at radius 3 is 2.74 bits per heavy atom. The van der Waals surface area contributed by atoms with E-state index in [1.165, 1.54) is 4.88 Å². The Morgan fingerprint density at radius 2 is 2.00 bits per heavy atom. The molecule has 1 fully saturated rings. The minimum absolute atomic E-state index is 0.109. The van der Waals surface area contributed by atoms with Crippen molar-refractivity contribution in [2.45, 2.75) is 58.4 Å². The maximum atomic E-state index is 12.9. The summed E-state index contributed by atoms with van der Waals surface area (Å²) in [6.07, 6.45) is 10.2. The van der Waals surface area contributed by atoms with Gasteiger partial charge in [-0.3, -0.25) is 14.6 Å². The van der Waals surface area contributed by atoms with Gasteiger partial charge in [0.25, 0.3) is 0 Å². The summed E-state index contributed by atoms with van der Waals surface area (Å²) in [6, 6.07) is 9.98. The van der Waals surface area contributed by atoms with Gasteiger partial charge in [-0.1, -0.05) is 13.3 Å². The van der Waals surface area contributed by atoms with Crippen molar-refractivity contribution in [3.63, 3.8) is 0 Å². The van der Waals surface area contributed by atoms with E-state index in [0.29, 0.717) is 30.0 Å². The zero-order valence-electron chi connectivity index (χ0n) is 19.5. The van der Waals surface area contributed by atoms with Gasteiger partial charge in [-0.05, 0) is 62.4 Å².